The van der Waals surface area contributed by atoms with E-state index in [2.05, 4.69) is 5.32 Å². The zero-order valence-corrected chi connectivity index (χ0v) is 17.7. The van der Waals surface area contributed by atoms with Gasteiger partial charge in [-0.3, -0.25) is 5.32 Å². The number of benzene rings is 2. The molecule has 2 N–H and O–H groups in total. The van der Waals surface area contributed by atoms with Crippen molar-refractivity contribution in [1.29, 1.82) is 0 Å². The number of halogens is 2. The van der Waals surface area contributed by atoms with Gasteiger partial charge in [-0.1, -0.05) is 29.8 Å². The molecular weight excluding hydrogens is 425 g/mol. The summed E-state index contributed by atoms with van der Waals surface area (Å²) in [5.74, 6) is -0.869. The summed E-state index contributed by atoms with van der Waals surface area (Å²) in [6.07, 6.45) is 2.92. The van der Waals surface area contributed by atoms with Crippen molar-refractivity contribution in [3.8, 4) is 11.1 Å². The Morgan fingerprint density at radius 2 is 1.74 bits per heavy atom. The highest BCUT2D eigenvalue weighted by molar-refractivity contribution is 6.30. The zero-order chi connectivity index (χ0) is 22.2. The van der Waals surface area contributed by atoms with Crippen molar-refractivity contribution in [2.45, 2.75) is 25.7 Å². The van der Waals surface area contributed by atoms with Crippen LogP contribution >= 0.6 is 11.6 Å². The van der Waals surface area contributed by atoms with E-state index in [-0.39, 0.29) is 24.7 Å². The van der Waals surface area contributed by atoms with E-state index in [0.717, 1.165) is 25.7 Å². The fourth-order valence-electron chi connectivity index (χ4n) is 3.78. The molecule has 166 valence electrons. The third-order valence-electron chi connectivity index (χ3n) is 5.36. The first kappa shape index (κ1) is 23.0. The molecule has 2 aromatic carbocycles. The molecule has 1 fully saturated rings. The van der Waals surface area contributed by atoms with Gasteiger partial charge in [0.15, 0.2) is 0 Å². The van der Waals surface area contributed by atoms with Crippen molar-refractivity contribution < 1.29 is 28.6 Å². The number of amides is 1. The number of carbonyl (C=O) groups excluding carboxylic acids is 1. The van der Waals surface area contributed by atoms with Gasteiger partial charge in [0.1, 0.15) is 12.4 Å². The van der Waals surface area contributed by atoms with Crippen LogP contribution in [-0.4, -0.2) is 37.0 Å². The molecule has 31 heavy (non-hydrogen) atoms. The first-order valence-corrected chi connectivity index (χ1v) is 10.6. The molecule has 1 aliphatic rings. The minimum atomic E-state index is -0.968. The van der Waals surface area contributed by atoms with Crippen LogP contribution in [0.2, 0.25) is 5.02 Å². The second-order valence-electron chi connectivity index (χ2n) is 7.69. The molecule has 0 aliphatic heterocycles. The summed E-state index contributed by atoms with van der Waals surface area (Å²) < 4.78 is 25.0. The topological polar surface area (TPSA) is 84.9 Å². The normalized spacial score (nSPS) is 18.4. The Morgan fingerprint density at radius 3 is 2.42 bits per heavy atom. The van der Waals surface area contributed by atoms with Crippen molar-refractivity contribution in [1.82, 2.24) is 0 Å². The minimum Gasteiger partial charge on any atom is -0.480 e. The van der Waals surface area contributed by atoms with E-state index in [1.54, 1.807) is 30.3 Å². The van der Waals surface area contributed by atoms with Gasteiger partial charge < -0.3 is 14.6 Å². The number of anilines is 1. The summed E-state index contributed by atoms with van der Waals surface area (Å²) in [6, 6.07) is 11.2. The number of ether oxygens (including phenoxy) is 2. The van der Waals surface area contributed by atoms with E-state index in [0.29, 0.717) is 28.8 Å². The molecule has 6 nitrogen and oxygen atoms in total. The van der Waals surface area contributed by atoms with Crippen molar-refractivity contribution in [2.24, 2.45) is 11.8 Å². The molecule has 0 radical (unpaired) electrons. The summed E-state index contributed by atoms with van der Waals surface area (Å²) in [5.41, 5.74) is 1.12. The Bertz CT molecular complexity index is 915. The van der Waals surface area contributed by atoms with Gasteiger partial charge in [-0.25, -0.2) is 14.0 Å². The lowest BCUT2D eigenvalue weighted by atomic mass is 9.83. The average molecular weight is 450 g/mol. The van der Waals surface area contributed by atoms with Crippen molar-refractivity contribution in [2.75, 3.05) is 25.1 Å². The summed E-state index contributed by atoms with van der Waals surface area (Å²) in [7, 11) is 0. The molecule has 2 aromatic rings. The van der Waals surface area contributed by atoms with E-state index in [9.17, 15) is 14.0 Å². The SMILES string of the molecule is O=C(O)COCC1CCC(COC(=O)Nc2cccc(F)c2-c2cccc(Cl)c2)CC1. The van der Waals surface area contributed by atoms with Crippen LogP contribution in [0.1, 0.15) is 25.7 Å². The van der Waals surface area contributed by atoms with E-state index in [4.69, 9.17) is 26.2 Å². The molecule has 3 rings (SSSR count). The van der Waals surface area contributed by atoms with Crippen LogP contribution < -0.4 is 5.32 Å². The molecular formula is C23H25ClFNO5. The number of aliphatic carboxylic acids is 1. The number of rotatable bonds is 8. The Morgan fingerprint density at radius 1 is 1.06 bits per heavy atom. The molecule has 8 heteroatoms. The van der Waals surface area contributed by atoms with Crippen LogP contribution in [0, 0.1) is 17.7 Å². The Kier molecular flexibility index (Phi) is 8.26. The van der Waals surface area contributed by atoms with E-state index in [1.807, 2.05) is 0 Å². The highest BCUT2D eigenvalue weighted by Crippen LogP contribution is 2.33. The predicted octanol–water partition coefficient (Wildman–Crippen LogP) is 5.60. The lowest BCUT2D eigenvalue weighted by molar-refractivity contribution is -0.142. The average Bonchev–Trinajstić information content (AvgIpc) is 2.73. The molecule has 1 saturated carbocycles. The first-order valence-electron chi connectivity index (χ1n) is 10.2. The number of carboxylic acids is 1. The molecule has 0 spiro atoms. The Hall–Kier alpha value is -2.64. The van der Waals surface area contributed by atoms with Gasteiger partial charge in [-0.2, -0.15) is 0 Å². The number of hydrogen-bond donors (Lipinski definition) is 2. The van der Waals surface area contributed by atoms with Gasteiger partial charge in [0.25, 0.3) is 0 Å². The largest absolute Gasteiger partial charge is 0.480 e. The third-order valence-corrected chi connectivity index (χ3v) is 5.59. The molecule has 0 heterocycles. The maximum absolute atomic E-state index is 14.5. The summed E-state index contributed by atoms with van der Waals surface area (Å²) in [4.78, 5) is 22.8. The van der Waals surface area contributed by atoms with Gasteiger partial charge in [0.2, 0.25) is 0 Å². The molecule has 1 amide bonds. The van der Waals surface area contributed by atoms with Crippen molar-refractivity contribution in [3.05, 3.63) is 53.3 Å². The first-order chi connectivity index (χ1) is 14.9. The molecule has 0 bridgehead atoms. The lowest BCUT2D eigenvalue weighted by Gasteiger charge is -2.27. The number of carboxylic acid groups (broad SMARTS) is 1. The second kappa shape index (κ2) is 11.1. The molecule has 0 unspecified atom stereocenters. The minimum absolute atomic E-state index is 0.237. The summed E-state index contributed by atoms with van der Waals surface area (Å²) >= 11 is 6.02. The van der Waals surface area contributed by atoms with Crippen molar-refractivity contribution >= 4 is 29.4 Å². The maximum atomic E-state index is 14.5. The zero-order valence-electron chi connectivity index (χ0n) is 17.0. The Balaban J connectivity index is 1.50. The molecule has 1 aliphatic carbocycles. The third kappa shape index (κ3) is 6.94. The van der Waals surface area contributed by atoms with Crippen LogP contribution in [0.3, 0.4) is 0 Å². The monoisotopic (exact) mass is 449 g/mol. The van der Waals surface area contributed by atoms with Crippen LogP contribution in [0.25, 0.3) is 11.1 Å². The molecule has 0 saturated heterocycles. The number of carbonyl (C=O) groups is 2. The van der Waals surface area contributed by atoms with Crippen LogP contribution in [-0.2, 0) is 14.3 Å². The fourth-order valence-corrected chi connectivity index (χ4v) is 3.97. The van der Waals surface area contributed by atoms with Crippen LogP contribution in [0.4, 0.5) is 14.9 Å². The van der Waals surface area contributed by atoms with Gasteiger partial charge >= 0.3 is 12.1 Å². The maximum Gasteiger partial charge on any atom is 0.411 e. The number of hydrogen-bond acceptors (Lipinski definition) is 4. The van der Waals surface area contributed by atoms with Crippen LogP contribution in [0.5, 0.6) is 0 Å². The van der Waals surface area contributed by atoms with Crippen molar-refractivity contribution in [3.63, 3.8) is 0 Å². The van der Waals surface area contributed by atoms with Gasteiger partial charge in [-0.05, 0) is 67.3 Å². The van der Waals surface area contributed by atoms with Gasteiger partial charge in [0, 0.05) is 10.6 Å². The highest BCUT2D eigenvalue weighted by atomic mass is 35.5. The highest BCUT2D eigenvalue weighted by Gasteiger charge is 2.23. The predicted molar refractivity (Wildman–Crippen MR) is 116 cm³/mol. The van der Waals surface area contributed by atoms with E-state index in [1.165, 1.54) is 12.1 Å². The Labute approximate surface area is 185 Å². The summed E-state index contributed by atoms with van der Waals surface area (Å²) in [6.45, 7) is 0.434. The molecule has 0 atom stereocenters. The fraction of sp³-hybridized carbons (Fsp3) is 0.391. The molecule has 0 aromatic heterocycles. The van der Waals surface area contributed by atoms with Gasteiger partial charge in [0.05, 0.1) is 18.9 Å². The number of nitrogens with one attached hydrogen (secondary N) is 1. The standard InChI is InChI=1S/C23H25ClFNO5/c24-18-4-1-3-17(11-18)22-19(25)5-2-6-20(22)26-23(29)31-13-16-9-7-15(8-10-16)12-30-14-21(27)28/h1-6,11,15-16H,7-10,12-14H2,(H,26,29)(H,27,28). The quantitative estimate of drug-likeness (QED) is 0.547. The smallest absolute Gasteiger partial charge is 0.411 e. The van der Waals surface area contributed by atoms with E-state index < -0.39 is 17.9 Å². The summed E-state index contributed by atoms with van der Waals surface area (Å²) in [5, 5.41) is 11.7. The van der Waals surface area contributed by atoms with Gasteiger partial charge in [-0.15, -0.1) is 0 Å². The van der Waals surface area contributed by atoms with Crippen LogP contribution in [0.15, 0.2) is 42.5 Å². The van der Waals surface area contributed by atoms with E-state index >= 15 is 0 Å². The lowest BCUT2D eigenvalue weighted by Crippen LogP contribution is -2.25. The second-order valence-corrected chi connectivity index (χ2v) is 8.13.